The van der Waals surface area contributed by atoms with Crippen LogP contribution < -0.4 is 5.32 Å². The van der Waals surface area contributed by atoms with Crippen LogP contribution >= 0.6 is 15.9 Å². The molecule has 0 aromatic heterocycles. The van der Waals surface area contributed by atoms with Gasteiger partial charge in [0, 0.05) is 16.1 Å². The van der Waals surface area contributed by atoms with E-state index in [0.29, 0.717) is 11.6 Å². The van der Waals surface area contributed by atoms with E-state index in [-0.39, 0.29) is 5.82 Å². The fourth-order valence-corrected chi connectivity index (χ4v) is 2.61. The molecule has 2 rings (SSSR count). The lowest BCUT2D eigenvalue weighted by molar-refractivity contribution is 0.577. The molecular formula is C16H17BrFN. The molecule has 0 amide bonds. The van der Waals surface area contributed by atoms with Gasteiger partial charge in [-0.25, -0.2) is 4.39 Å². The van der Waals surface area contributed by atoms with Crippen molar-refractivity contribution in [1.82, 2.24) is 5.32 Å². The summed E-state index contributed by atoms with van der Waals surface area (Å²) in [4.78, 5) is 0. The number of halogens is 2. The SMILES string of the molecule is CCC(NC)c1cccc(-c2cc(Br)ccc2F)c1. The van der Waals surface area contributed by atoms with Crippen molar-refractivity contribution in [1.29, 1.82) is 0 Å². The molecule has 0 aliphatic heterocycles. The topological polar surface area (TPSA) is 12.0 Å². The molecule has 100 valence electrons. The third-order valence-corrected chi connectivity index (χ3v) is 3.78. The molecule has 0 aliphatic rings. The van der Waals surface area contributed by atoms with Crippen molar-refractivity contribution in [3.8, 4) is 11.1 Å². The summed E-state index contributed by atoms with van der Waals surface area (Å²) in [6, 6.07) is 13.4. The molecular weight excluding hydrogens is 305 g/mol. The number of benzene rings is 2. The van der Waals surface area contributed by atoms with Crippen LogP contribution in [0.4, 0.5) is 4.39 Å². The molecule has 1 atom stereocenters. The van der Waals surface area contributed by atoms with Crippen molar-refractivity contribution in [2.24, 2.45) is 0 Å². The highest BCUT2D eigenvalue weighted by Crippen LogP contribution is 2.28. The van der Waals surface area contributed by atoms with E-state index >= 15 is 0 Å². The van der Waals surface area contributed by atoms with Crippen LogP contribution in [0.3, 0.4) is 0 Å². The Morgan fingerprint density at radius 3 is 2.68 bits per heavy atom. The van der Waals surface area contributed by atoms with Crippen LogP contribution in [0, 0.1) is 5.82 Å². The number of hydrogen-bond donors (Lipinski definition) is 1. The fourth-order valence-electron chi connectivity index (χ4n) is 2.25. The van der Waals surface area contributed by atoms with Gasteiger partial charge in [0.05, 0.1) is 0 Å². The minimum absolute atomic E-state index is 0.196. The quantitative estimate of drug-likeness (QED) is 0.842. The van der Waals surface area contributed by atoms with Crippen LogP contribution in [0.25, 0.3) is 11.1 Å². The van der Waals surface area contributed by atoms with Gasteiger partial charge in [-0.2, -0.15) is 0 Å². The lowest BCUT2D eigenvalue weighted by Crippen LogP contribution is -2.15. The van der Waals surface area contributed by atoms with Crippen molar-refractivity contribution in [3.05, 3.63) is 58.3 Å². The molecule has 0 heterocycles. The average molecular weight is 322 g/mol. The molecule has 0 bridgehead atoms. The van der Waals surface area contributed by atoms with E-state index in [0.717, 1.165) is 16.5 Å². The van der Waals surface area contributed by atoms with E-state index in [2.05, 4.69) is 40.3 Å². The maximum atomic E-state index is 13.9. The largest absolute Gasteiger partial charge is 0.313 e. The second-order valence-corrected chi connectivity index (χ2v) is 5.41. The van der Waals surface area contributed by atoms with Gasteiger partial charge in [-0.1, -0.05) is 41.1 Å². The molecule has 0 aliphatic carbocycles. The molecule has 0 radical (unpaired) electrons. The summed E-state index contributed by atoms with van der Waals surface area (Å²) in [5, 5.41) is 3.27. The van der Waals surface area contributed by atoms with Crippen LogP contribution in [0.1, 0.15) is 24.9 Å². The molecule has 3 heteroatoms. The summed E-state index contributed by atoms with van der Waals surface area (Å²) in [6.07, 6.45) is 1.00. The zero-order valence-electron chi connectivity index (χ0n) is 11.1. The highest BCUT2D eigenvalue weighted by atomic mass is 79.9. The summed E-state index contributed by atoms with van der Waals surface area (Å²) in [5.41, 5.74) is 2.72. The fraction of sp³-hybridized carbons (Fsp3) is 0.250. The summed E-state index contributed by atoms with van der Waals surface area (Å²) in [5.74, 6) is -0.196. The minimum atomic E-state index is -0.196. The molecule has 0 saturated heterocycles. The minimum Gasteiger partial charge on any atom is -0.313 e. The van der Waals surface area contributed by atoms with Crippen molar-refractivity contribution < 1.29 is 4.39 Å². The molecule has 1 N–H and O–H groups in total. The Balaban J connectivity index is 2.45. The van der Waals surface area contributed by atoms with E-state index < -0.39 is 0 Å². The Labute approximate surface area is 122 Å². The van der Waals surface area contributed by atoms with Crippen LogP contribution in [0.5, 0.6) is 0 Å². The summed E-state index contributed by atoms with van der Waals surface area (Å²) in [6.45, 7) is 2.13. The molecule has 0 fully saturated rings. The van der Waals surface area contributed by atoms with Gasteiger partial charge in [0.2, 0.25) is 0 Å². The first-order chi connectivity index (χ1) is 9.15. The Morgan fingerprint density at radius 2 is 2.00 bits per heavy atom. The molecule has 1 unspecified atom stereocenters. The Bertz CT molecular complexity index is 564. The van der Waals surface area contributed by atoms with Gasteiger partial charge >= 0.3 is 0 Å². The number of nitrogens with one attached hydrogen (secondary N) is 1. The van der Waals surface area contributed by atoms with E-state index in [9.17, 15) is 4.39 Å². The third kappa shape index (κ3) is 3.23. The monoisotopic (exact) mass is 321 g/mol. The van der Waals surface area contributed by atoms with Gasteiger partial charge in [0.1, 0.15) is 5.82 Å². The predicted molar refractivity (Wildman–Crippen MR) is 81.6 cm³/mol. The van der Waals surface area contributed by atoms with Gasteiger partial charge in [0.25, 0.3) is 0 Å². The summed E-state index contributed by atoms with van der Waals surface area (Å²) in [7, 11) is 1.94. The molecule has 0 spiro atoms. The van der Waals surface area contributed by atoms with Gasteiger partial charge in [-0.05, 0) is 48.9 Å². The van der Waals surface area contributed by atoms with E-state index in [4.69, 9.17) is 0 Å². The molecule has 19 heavy (non-hydrogen) atoms. The molecule has 2 aromatic carbocycles. The predicted octanol–water partition coefficient (Wildman–Crippen LogP) is 4.93. The van der Waals surface area contributed by atoms with Crippen molar-refractivity contribution in [3.63, 3.8) is 0 Å². The normalized spacial score (nSPS) is 12.4. The molecule has 1 nitrogen and oxygen atoms in total. The second-order valence-electron chi connectivity index (χ2n) is 4.50. The van der Waals surface area contributed by atoms with Crippen molar-refractivity contribution in [2.45, 2.75) is 19.4 Å². The average Bonchev–Trinajstić information content (AvgIpc) is 2.43. The van der Waals surface area contributed by atoms with Crippen LogP contribution in [0.15, 0.2) is 46.9 Å². The molecule has 2 aromatic rings. The highest BCUT2D eigenvalue weighted by molar-refractivity contribution is 9.10. The Morgan fingerprint density at radius 1 is 1.21 bits per heavy atom. The van der Waals surface area contributed by atoms with E-state index in [1.807, 2.05) is 25.2 Å². The molecule has 0 saturated carbocycles. The number of hydrogen-bond acceptors (Lipinski definition) is 1. The Hall–Kier alpha value is -1.19. The maximum absolute atomic E-state index is 13.9. The summed E-state index contributed by atoms with van der Waals surface area (Å²) >= 11 is 3.39. The number of rotatable bonds is 4. The van der Waals surface area contributed by atoms with E-state index in [1.165, 1.54) is 11.6 Å². The maximum Gasteiger partial charge on any atom is 0.131 e. The first-order valence-electron chi connectivity index (χ1n) is 6.38. The van der Waals surface area contributed by atoms with Gasteiger partial charge in [-0.3, -0.25) is 0 Å². The van der Waals surface area contributed by atoms with Crippen molar-refractivity contribution in [2.75, 3.05) is 7.05 Å². The van der Waals surface area contributed by atoms with Gasteiger partial charge in [-0.15, -0.1) is 0 Å². The Kier molecular flexibility index (Phi) is 4.72. The van der Waals surface area contributed by atoms with Gasteiger partial charge in [0.15, 0.2) is 0 Å². The van der Waals surface area contributed by atoms with Crippen LogP contribution in [-0.4, -0.2) is 7.05 Å². The highest BCUT2D eigenvalue weighted by Gasteiger charge is 2.10. The lowest BCUT2D eigenvalue weighted by atomic mass is 9.98. The van der Waals surface area contributed by atoms with Crippen LogP contribution in [-0.2, 0) is 0 Å². The zero-order chi connectivity index (χ0) is 13.8. The second kappa shape index (κ2) is 6.31. The standard InChI is InChI=1S/C16H17BrFN/c1-3-16(19-2)12-6-4-5-11(9-12)14-10-13(17)7-8-15(14)18/h4-10,16,19H,3H2,1-2H3. The van der Waals surface area contributed by atoms with E-state index in [1.54, 1.807) is 6.07 Å². The van der Waals surface area contributed by atoms with Crippen LogP contribution in [0.2, 0.25) is 0 Å². The van der Waals surface area contributed by atoms with Crippen molar-refractivity contribution >= 4 is 15.9 Å². The first kappa shape index (κ1) is 14.2. The third-order valence-electron chi connectivity index (χ3n) is 3.29. The first-order valence-corrected chi connectivity index (χ1v) is 7.17. The zero-order valence-corrected chi connectivity index (χ0v) is 12.7. The van der Waals surface area contributed by atoms with Gasteiger partial charge < -0.3 is 5.32 Å². The lowest BCUT2D eigenvalue weighted by Gasteiger charge is -2.15. The summed E-state index contributed by atoms with van der Waals surface area (Å²) < 4.78 is 14.8. The smallest absolute Gasteiger partial charge is 0.131 e.